The number of hydrogen-bond donors (Lipinski definition) is 1. The van der Waals surface area contributed by atoms with E-state index in [9.17, 15) is 4.79 Å². The predicted octanol–water partition coefficient (Wildman–Crippen LogP) is 6.43. The first kappa shape index (κ1) is 24.5. The Kier molecular flexibility index (Phi) is 8.38. The van der Waals surface area contributed by atoms with Crippen molar-refractivity contribution < 1.29 is 14.6 Å². The van der Waals surface area contributed by atoms with Gasteiger partial charge in [0.2, 0.25) is 0 Å². The van der Waals surface area contributed by atoms with Crippen LogP contribution in [0.3, 0.4) is 0 Å². The highest BCUT2D eigenvalue weighted by Gasteiger charge is 2.23. The van der Waals surface area contributed by atoms with E-state index in [1.54, 1.807) is 12.1 Å². The first-order chi connectivity index (χ1) is 16.5. The average molecular weight is 523 g/mol. The molecule has 1 heterocycles. The first-order valence-corrected chi connectivity index (χ1v) is 12.5. The second-order valence-corrected chi connectivity index (χ2v) is 9.93. The van der Waals surface area contributed by atoms with Crippen molar-refractivity contribution in [1.82, 2.24) is 9.80 Å². The van der Waals surface area contributed by atoms with E-state index in [0.717, 1.165) is 42.2 Å². The molecule has 1 fully saturated rings. The summed E-state index contributed by atoms with van der Waals surface area (Å²) in [6.45, 7) is 3.84. The Bertz CT molecular complexity index is 1070. The molecular formula is C28H31BrN2O3. The van der Waals surface area contributed by atoms with Gasteiger partial charge in [0.05, 0.1) is 5.56 Å². The number of likely N-dealkylation sites (N-methyl/N-ethyl adjacent to an activating group) is 1. The van der Waals surface area contributed by atoms with Crippen LogP contribution in [0.5, 0.6) is 11.5 Å². The molecule has 3 aromatic carbocycles. The normalized spacial score (nSPS) is 16.5. The van der Waals surface area contributed by atoms with Gasteiger partial charge in [0.25, 0.3) is 0 Å². The van der Waals surface area contributed by atoms with Gasteiger partial charge in [-0.25, -0.2) is 4.79 Å². The number of piperidine rings is 1. The Morgan fingerprint density at radius 3 is 2.24 bits per heavy atom. The van der Waals surface area contributed by atoms with Crippen LogP contribution in [0.4, 0.5) is 0 Å². The van der Waals surface area contributed by atoms with E-state index < -0.39 is 5.97 Å². The molecule has 34 heavy (non-hydrogen) atoms. The average Bonchev–Trinajstić information content (AvgIpc) is 2.83. The molecule has 1 unspecified atom stereocenters. The number of aromatic carboxylic acids is 1. The number of benzene rings is 3. The smallest absolute Gasteiger partial charge is 0.335 e. The highest BCUT2D eigenvalue weighted by molar-refractivity contribution is 9.10. The van der Waals surface area contributed by atoms with Crippen LogP contribution in [-0.2, 0) is 13.1 Å². The molecule has 0 saturated carbocycles. The maximum Gasteiger partial charge on any atom is 0.335 e. The highest BCUT2D eigenvalue weighted by Crippen LogP contribution is 2.25. The van der Waals surface area contributed by atoms with Crippen LogP contribution in [0.1, 0.15) is 40.7 Å². The van der Waals surface area contributed by atoms with E-state index in [4.69, 9.17) is 9.84 Å². The summed E-state index contributed by atoms with van der Waals surface area (Å²) in [5, 5.41) is 9.13. The fourth-order valence-corrected chi connectivity index (χ4v) is 4.76. The molecule has 3 aromatic rings. The summed E-state index contributed by atoms with van der Waals surface area (Å²) in [4.78, 5) is 16.0. The van der Waals surface area contributed by atoms with Crippen molar-refractivity contribution in [2.75, 3.05) is 20.1 Å². The van der Waals surface area contributed by atoms with E-state index in [2.05, 4.69) is 44.9 Å². The standard InChI is InChI=1S/C28H31BrN2O3/c1-30(18-21-7-13-26(14-8-21)34-27-15-11-24(29)12-16-27)20-25-4-2-3-17-31(25)19-22-5-9-23(10-6-22)28(32)33/h5-16,25H,2-4,17-20H2,1H3,(H,32,33). The fraction of sp³-hybridized carbons (Fsp3) is 0.321. The fourth-order valence-electron chi connectivity index (χ4n) is 4.50. The van der Waals surface area contributed by atoms with Crippen LogP contribution in [0, 0.1) is 0 Å². The van der Waals surface area contributed by atoms with Gasteiger partial charge in [0.1, 0.15) is 11.5 Å². The minimum atomic E-state index is -0.878. The second kappa shape index (κ2) is 11.6. The quantitative estimate of drug-likeness (QED) is 0.351. The van der Waals surface area contributed by atoms with Crippen molar-refractivity contribution in [1.29, 1.82) is 0 Å². The number of likely N-dealkylation sites (tertiary alicyclic amines) is 1. The molecule has 6 heteroatoms. The minimum Gasteiger partial charge on any atom is -0.478 e. The van der Waals surface area contributed by atoms with Gasteiger partial charge in [-0.05, 0) is 86.1 Å². The predicted molar refractivity (Wildman–Crippen MR) is 138 cm³/mol. The lowest BCUT2D eigenvalue weighted by molar-refractivity contribution is 0.0696. The summed E-state index contributed by atoms with van der Waals surface area (Å²) in [5.74, 6) is 0.779. The zero-order chi connectivity index (χ0) is 23.9. The number of carboxylic acid groups (broad SMARTS) is 1. The lowest BCUT2D eigenvalue weighted by atomic mass is 10.00. The van der Waals surface area contributed by atoms with Crippen molar-refractivity contribution in [3.05, 3.63) is 94.0 Å². The van der Waals surface area contributed by atoms with Crippen LogP contribution in [0.25, 0.3) is 0 Å². The van der Waals surface area contributed by atoms with Crippen molar-refractivity contribution >= 4 is 21.9 Å². The number of hydrogen-bond acceptors (Lipinski definition) is 4. The van der Waals surface area contributed by atoms with Crippen LogP contribution in [0.15, 0.2) is 77.3 Å². The third kappa shape index (κ3) is 6.92. The van der Waals surface area contributed by atoms with Gasteiger partial charge in [0.15, 0.2) is 0 Å². The van der Waals surface area contributed by atoms with Crippen LogP contribution in [0.2, 0.25) is 0 Å². The monoisotopic (exact) mass is 522 g/mol. The van der Waals surface area contributed by atoms with E-state index in [0.29, 0.717) is 11.6 Å². The van der Waals surface area contributed by atoms with Gasteiger partial charge < -0.3 is 14.7 Å². The maximum absolute atomic E-state index is 11.1. The van der Waals surface area contributed by atoms with Crippen molar-refractivity contribution in [2.24, 2.45) is 0 Å². The van der Waals surface area contributed by atoms with Gasteiger partial charge in [-0.2, -0.15) is 0 Å². The Hall–Kier alpha value is -2.67. The Labute approximate surface area is 210 Å². The van der Waals surface area contributed by atoms with Crippen LogP contribution in [-0.4, -0.2) is 47.1 Å². The highest BCUT2D eigenvalue weighted by atomic mass is 79.9. The summed E-state index contributed by atoms with van der Waals surface area (Å²) in [5.41, 5.74) is 2.77. The molecule has 0 radical (unpaired) electrons. The molecule has 1 saturated heterocycles. The number of carbonyl (C=O) groups is 1. The molecule has 0 aliphatic carbocycles. The van der Waals surface area contributed by atoms with Gasteiger partial charge in [0, 0.05) is 30.1 Å². The molecule has 0 spiro atoms. The zero-order valence-corrected chi connectivity index (χ0v) is 21.1. The van der Waals surface area contributed by atoms with Gasteiger partial charge in [-0.3, -0.25) is 4.90 Å². The summed E-state index contributed by atoms with van der Waals surface area (Å²) in [6, 6.07) is 23.9. The van der Waals surface area contributed by atoms with E-state index >= 15 is 0 Å². The molecule has 178 valence electrons. The summed E-state index contributed by atoms with van der Waals surface area (Å²) >= 11 is 3.44. The molecule has 1 N–H and O–H groups in total. The van der Waals surface area contributed by atoms with Crippen LogP contribution >= 0.6 is 15.9 Å². The van der Waals surface area contributed by atoms with Crippen LogP contribution < -0.4 is 4.74 Å². The van der Waals surface area contributed by atoms with E-state index in [-0.39, 0.29) is 0 Å². The summed E-state index contributed by atoms with van der Waals surface area (Å²) in [6.07, 6.45) is 3.67. The van der Waals surface area contributed by atoms with Gasteiger partial charge in [-0.1, -0.05) is 46.6 Å². The molecule has 5 nitrogen and oxygen atoms in total. The molecule has 1 aliphatic heterocycles. The molecule has 4 rings (SSSR count). The molecule has 1 atom stereocenters. The number of ether oxygens (including phenoxy) is 1. The maximum atomic E-state index is 11.1. The van der Waals surface area contributed by atoms with Gasteiger partial charge in [-0.15, -0.1) is 0 Å². The Balaban J connectivity index is 1.31. The topological polar surface area (TPSA) is 53.0 Å². The number of rotatable bonds is 9. The zero-order valence-electron chi connectivity index (χ0n) is 19.5. The molecule has 1 aliphatic rings. The lowest BCUT2D eigenvalue weighted by Crippen LogP contribution is -2.45. The first-order valence-electron chi connectivity index (χ1n) is 11.7. The lowest BCUT2D eigenvalue weighted by Gasteiger charge is -2.38. The minimum absolute atomic E-state index is 0.340. The summed E-state index contributed by atoms with van der Waals surface area (Å²) in [7, 11) is 2.18. The van der Waals surface area contributed by atoms with Gasteiger partial charge >= 0.3 is 5.97 Å². The molecule has 0 amide bonds. The number of halogens is 1. The largest absolute Gasteiger partial charge is 0.478 e. The second-order valence-electron chi connectivity index (χ2n) is 9.02. The van der Waals surface area contributed by atoms with Crippen molar-refractivity contribution in [2.45, 2.75) is 38.4 Å². The van der Waals surface area contributed by atoms with E-state index in [1.807, 2.05) is 48.5 Å². The molecular weight excluding hydrogens is 492 g/mol. The molecule has 0 aromatic heterocycles. The van der Waals surface area contributed by atoms with Crippen molar-refractivity contribution in [3.8, 4) is 11.5 Å². The Morgan fingerprint density at radius 2 is 1.59 bits per heavy atom. The number of nitrogens with zero attached hydrogens (tertiary/aromatic N) is 2. The number of carboxylic acids is 1. The third-order valence-corrected chi connectivity index (χ3v) is 6.81. The molecule has 0 bridgehead atoms. The van der Waals surface area contributed by atoms with E-state index in [1.165, 1.54) is 30.4 Å². The SMILES string of the molecule is CN(Cc1ccc(Oc2ccc(Br)cc2)cc1)CC1CCCCN1Cc1ccc(C(=O)O)cc1. The Morgan fingerprint density at radius 1 is 0.971 bits per heavy atom. The third-order valence-electron chi connectivity index (χ3n) is 6.28. The van der Waals surface area contributed by atoms with Crippen molar-refractivity contribution in [3.63, 3.8) is 0 Å². The summed E-state index contributed by atoms with van der Waals surface area (Å²) < 4.78 is 6.97.